The van der Waals surface area contributed by atoms with E-state index in [1.807, 2.05) is 0 Å². The van der Waals surface area contributed by atoms with Crippen LogP contribution in [0.2, 0.25) is 0 Å². The van der Waals surface area contributed by atoms with Crippen molar-refractivity contribution in [2.75, 3.05) is 25.0 Å². The molecular weight excluding hydrogens is 498 g/mol. The average Bonchev–Trinajstić information content (AvgIpc) is 3.29. The van der Waals surface area contributed by atoms with Gasteiger partial charge >= 0.3 is 15.6 Å². The molecule has 192 valence electrons. The number of phosphoric ester groups is 2. The Balaban J connectivity index is 1.78. The number of fused-ring (bicyclic) bond motifs is 1. The highest BCUT2D eigenvalue weighted by atomic mass is 31.2. The number of aliphatic hydroxyl groups is 1. The standard InChI is InChI=1S/C16H28N6O10P2/c17-5-3-1-2-4-6-18-14-11-15(20-8-19-14)22(9-21-11)16-12(23)13(32-34(27,28)29)10(31-16)7-30-33(24,25)26/h8-10,12-13,16,23H,1-7,17H2,(H,18,19,20)(H2,24,25,26)(H2,27,28,29). The van der Waals surface area contributed by atoms with Crippen molar-refractivity contribution in [3.05, 3.63) is 12.7 Å². The van der Waals surface area contributed by atoms with Crippen LogP contribution in [0.3, 0.4) is 0 Å². The van der Waals surface area contributed by atoms with Crippen LogP contribution in [-0.4, -0.2) is 82.2 Å². The van der Waals surface area contributed by atoms with Gasteiger partial charge in [0.25, 0.3) is 0 Å². The molecule has 0 spiro atoms. The number of phosphoric acid groups is 2. The van der Waals surface area contributed by atoms with Gasteiger partial charge in [0.1, 0.15) is 24.6 Å². The fraction of sp³-hybridized carbons (Fsp3) is 0.688. The van der Waals surface area contributed by atoms with Gasteiger partial charge in [-0.3, -0.25) is 13.6 Å². The zero-order chi connectivity index (χ0) is 24.9. The maximum absolute atomic E-state index is 11.4. The Hall–Kier alpha value is -1.55. The Morgan fingerprint density at radius 2 is 1.82 bits per heavy atom. The molecule has 34 heavy (non-hydrogen) atoms. The fourth-order valence-corrected chi connectivity index (χ4v) is 4.46. The normalized spacial score (nSPS) is 23.6. The Morgan fingerprint density at radius 3 is 2.50 bits per heavy atom. The van der Waals surface area contributed by atoms with Crippen molar-refractivity contribution in [1.29, 1.82) is 0 Å². The van der Waals surface area contributed by atoms with E-state index in [1.165, 1.54) is 17.2 Å². The van der Waals surface area contributed by atoms with E-state index in [1.54, 1.807) is 0 Å². The van der Waals surface area contributed by atoms with Crippen LogP contribution in [0.25, 0.3) is 11.2 Å². The van der Waals surface area contributed by atoms with Crippen LogP contribution in [0.4, 0.5) is 5.82 Å². The van der Waals surface area contributed by atoms with Crippen LogP contribution in [-0.2, 0) is 22.9 Å². The van der Waals surface area contributed by atoms with E-state index < -0.39 is 46.8 Å². The summed E-state index contributed by atoms with van der Waals surface area (Å²) in [5, 5.41) is 13.9. The lowest BCUT2D eigenvalue weighted by atomic mass is 10.1. The van der Waals surface area contributed by atoms with Gasteiger partial charge in [0.2, 0.25) is 0 Å². The first-order chi connectivity index (χ1) is 16.0. The molecule has 1 aliphatic rings. The van der Waals surface area contributed by atoms with Crippen LogP contribution in [0, 0.1) is 0 Å². The molecule has 1 aliphatic heterocycles. The Morgan fingerprint density at radius 1 is 1.09 bits per heavy atom. The van der Waals surface area contributed by atoms with E-state index in [0.29, 0.717) is 24.4 Å². The van der Waals surface area contributed by atoms with Crippen molar-refractivity contribution in [2.24, 2.45) is 5.73 Å². The number of hydrogen-bond acceptors (Lipinski definition) is 11. The molecule has 18 heteroatoms. The number of nitrogens with two attached hydrogens (primary N) is 1. The Bertz CT molecular complexity index is 1040. The molecule has 4 atom stereocenters. The SMILES string of the molecule is NCCCCCCNc1ncnc2c1ncn2C1OC(COP(=O)(O)O)C(OP(=O)(O)O)C1O. The van der Waals surface area contributed by atoms with Gasteiger partial charge in [-0.1, -0.05) is 12.8 Å². The van der Waals surface area contributed by atoms with Crippen molar-refractivity contribution >= 4 is 32.6 Å². The van der Waals surface area contributed by atoms with E-state index in [9.17, 15) is 24.0 Å². The number of imidazole rings is 1. The minimum absolute atomic E-state index is 0.246. The third-order valence-corrected chi connectivity index (χ3v) is 6.04. The van der Waals surface area contributed by atoms with Crippen molar-refractivity contribution in [1.82, 2.24) is 19.5 Å². The van der Waals surface area contributed by atoms with Crippen molar-refractivity contribution < 1.29 is 47.6 Å². The van der Waals surface area contributed by atoms with E-state index in [-0.39, 0.29) is 5.65 Å². The highest BCUT2D eigenvalue weighted by molar-refractivity contribution is 7.46. The lowest BCUT2D eigenvalue weighted by Gasteiger charge is -2.20. The van der Waals surface area contributed by atoms with Crippen LogP contribution < -0.4 is 11.1 Å². The molecule has 0 aliphatic carbocycles. The van der Waals surface area contributed by atoms with Crippen LogP contribution in [0.15, 0.2) is 12.7 Å². The molecule has 1 saturated heterocycles. The predicted molar refractivity (Wildman–Crippen MR) is 116 cm³/mol. The lowest BCUT2D eigenvalue weighted by Crippen LogP contribution is -2.35. The third-order valence-electron chi connectivity index (χ3n) is 5.03. The van der Waals surface area contributed by atoms with Gasteiger partial charge in [-0.15, -0.1) is 0 Å². The molecule has 1 fully saturated rings. The first-order valence-corrected chi connectivity index (χ1v) is 13.5. The van der Waals surface area contributed by atoms with Gasteiger partial charge in [0, 0.05) is 6.54 Å². The van der Waals surface area contributed by atoms with E-state index in [0.717, 1.165) is 25.7 Å². The van der Waals surface area contributed by atoms with Crippen LogP contribution in [0.1, 0.15) is 31.9 Å². The largest absolute Gasteiger partial charge is 0.470 e. The molecule has 16 nitrogen and oxygen atoms in total. The summed E-state index contributed by atoms with van der Waals surface area (Å²) < 4.78 is 38.3. The van der Waals surface area contributed by atoms with Gasteiger partial charge < -0.3 is 40.5 Å². The van der Waals surface area contributed by atoms with E-state index in [2.05, 4.69) is 29.3 Å². The maximum Gasteiger partial charge on any atom is 0.470 e. The van der Waals surface area contributed by atoms with E-state index in [4.69, 9.17) is 20.3 Å². The first-order valence-electron chi connectivity index (χ1n) is 10.4. The number of hydrogen-bond donors (Lipinski definition) is 7. The van der Waals surface area contributed by atoms with Crippen molar-refractivity contribution in [2.45, 2.75) is 50.2 Å². The van der Waals surface area contributed by atoms with Gasteiger partial charge in [0.05, 0.1) is 12.9 Å². The highest BCUT2D eigenvalue weighted by Crippen LogP contribution is 2.45. The van der Waals surface area contributed by atoms with Gasteiger partial charge in [-0.05, 0) is 19.4 Å². The number of rotatable bonds is 13. The summed E-state index contributed by atoms with van der Waals surface area (Å²) in [6, 6.07) is 0. The number of nitrogens with one attached hydrogen (secondary N) is 1. The molecule has 4 unspecified atom stereocenters. The maximum atomic E-state index is 11.4. The summed E-state index contributed by atoms with van der Waals surface area (Å²) in [5.74, 6) is 0.444. The zero-order valence-electron chi connectivity index (χ0n) is 18.0. The molecule has 0 saturated carbocycles. The van der Waals surface area contributed by atoms with Gasteiger partial charge in [0.15, 0.2) is 23.2 Å². The van der Waals surface area contributed by atoms with Gasteiger partial charge in [-0.2, -0.15) is 0 Å². The number of unbranched alkanes of at least 4 members (excludes halogenated alkanes) is 3. The minimum atomic E-state index is -5.09. The number of nitrogens with zero attached hydrogens (tertiary/aromatic N) is 4. The molecule has 0 bridgehead atoms. The third kappa shape index (κ3) is 7.23. The summed E-state index contributed by atoms with van der Waals surface area (Å²) in [5.41, 5.74) is 6.09. The molecule has 0 aromatic carbocycles. The second-order valence-corrected chi connectivity index (χ2v) is 10.0. The van der Waals surface area contributed by atoms with Crippen molar-refractivity contribution in [3.8, 4) is 0 Å². The second-order valence-electron chi connectivity index (χ2n) is 7.58. The quantitative estimate of drug-likeness (QED) is 0.130. The van der Waals surface area contributed by atoms with Crippen LogP contribution in [0.5, 0.6) is 0 Å². The summed E-state index contributed by atoms with van der Waals surface area (Å²) in [6.07, 6.45) is 0.375. The molecule has 2 aromatic rings. The number of aromatic nitrogens is 4. The Labute approximate surface area is 194 Å². The Kier molecular flexibility index (Phi) is 9.11. The molecular formula is C16H28N6O10P2. The molecule has 0 radical (unpaired) electrons. The predicted octanol–water partition coefficient (Wildman–Crippen LogP) is -0.397. The molecule has 8 N–H and O–H groups in total. The molecule has 0 amide bonds. The first kappa shape index (κ1) is 27.0. The molecule has 3 heterocycles. The lowest BCUT2D eigenvalue weighted by molar-refractivity contribution is -0.0502. The summed E-state index contributed by atoms with van der Waals surface area (Å²) in [7, 11) is -10.0. The topological polar surface area (TPSA) is 245 Å². The fourth-order valence-electron chi connectivity index (χ4n) is 3.54. The highest BCUT2D eigenvalue weighted by Gasteiger charge is 2.49. The molecule has 3 rings (SSSR count). The average molecular weight is 526 g/mol. The zero-order valence-corrected chi connectivity index (χ0v) is 19.7. The number of anilines is 1. The number of ether oxygens (including phenoxy) is 1. The van der Waals surface area contributed by atoms with Crippen LogP contribution >= 0.6 is 15.6 Å². The van der Waals surface area contributed by atoms with Gasteiger partial charge in [-0.25, -0.2) is 24.1 Å². The number of aliphatic hydroxyl groups excluding tert-OH is 1. The monoisotopic (exact) mass is 526 g/mol. The second kappa shape index (κ2) is 11.5. The summed E-state index contributed by atoms with van der Waals surface area (Å²) in [4.78, 5) is 48.9. The van der Waals surface area contributed by atoms with Crippen molar-refractivity contribution in [3.63, 3.8) is 0 Å². The summed E-state index contributed by atoms with van der Waals surface area (Å²) in [6.45, 7) is 0.478. The minimum Gasteiger partial charge on any atom is -0.386 e. The molecule has 2 aromatic heterocycles. The summed E-state index contributed by atoms with van der Waals surface area (Å²) >= 11 is 0. The smallest absolute Gasteiger partial charge is 0.386 e. The van der Waals surface area contributed by atoms with E-state index >= 15 is 0 Å².